The number of Topliss-reactive ketones (excluding diaryl/α,β-unsaturated/α-hetero) is 1. The van der Waals surface area contributed by atoms with Crippen LogP contribution in [0.4, 0.5) is 10.5 Å². The Balaban J connectivity index is 1.78. The smallest absolute Gasteiger partial charge is 0.319 e. The molecule has 1 aliphatic rings. The monoisotopic (exact) mass is 290 g/mol. The van der Waals surface area contributed by atoms with Crippen molar-refractivity contribution in [2.75, 3.05) is 25.6 Å². The molecule has 114 valence electrons. The number of benzene rings is 1. The molecular weight excluding hydrogens is 268 g/mol. The summed E-state index contributed by atoms with van der Waals surface area (Å²) in [7, 11) is 1.70. The lowest BCUT2D eigenvalue weighted by atomic mass is 10.0. The summed E-state index contributed by atoms with van der Waals surface area (Å²) >= 11 is 0. The molecular formula is C16H22N2O3. The van der Waals surface area contributed by atoms with Crippen LogP contribution in [0, 0.1) is 5.41 Å². The third-order valence-electron chi connectivity index (χ3n) is 3.97. The zero-order valence-electron chi connectivity index (χ0n) is 12.6. The van der Waals surface area contributed by atoms with E-state index >= 15 is 0 Å². The minimum Gasteiger partial charge on any atom is -0.385 e. The molecule has 0 aliphatic heterocycles. The van der Waals surface area contributed by atoms with Gasteiger partial charge in [0, 0.05) is 31.5 Å². The summed E-state index contributed by atoms with van der Waals surface area (Å²) in [6, 6.07) is 6.66. The minimum absolute atomic E-state index is 0.0137. The third-order valence-corrected chi connectivity index (χ3v) is 3.97. The van der Waals surface area contributed by atoms with Crippen molar-refractivity contribution in [3.63, 3.8) is 0 Å². The molecule has 0 bridgehead atoms. The fraction of sp³-hybridized carbons (Fsp3) is 0.500. The topological polar surface area (TPSA) is 67.4 Å². The molecule has 1 aliphatic carbocycles. The molecule has 1 aromatic rings. The highest BCUT2D eigenvalue weighted by Gasteiger charge is 2.42. The van der Waals surface area contributed by atoms with E-state index in [4.69, 9.17) is 4.74 Å². The highest BCUT2D eigenvalue weighted by molar-refractivity contribution is 5.95. The van der Waals surface area contributed by atoms with Gasteiger partial charge in [-0.15, -0.1) is 0 Å². The number of urea groups is 1. The second-order valence-electron chi connectivity index (χ2n) is 5.68. The maximum atomic E-state index is 11.9. The zero-order valence-corrected chi connectivity index (χ0v) is 12.6. The maximum Gasteiger partial charge on any atom is 0.319 e. The van der Waals surface area contributed by atoms with Crippen LogP contribution in [-0.2, 0) is 4.74 Å². The van der Waals surface area contributed by atoms with Crippen LogP contribution in [0.3, 0.4) is 0 Å². The summed E-state index contributed by atoms with van der Waals surface area (Å²) < 4.78 is 5.09. The van der Waals surface area contributed by atoms with Crippen molar-refractivity contribution < 1.29 is 14.3 Å². The molecule has 0 heterocycles. The second kappa shape index (κ2) is 6.72. The lowest BCUT2D eigenvalue weighted by molar-refractivity contribution is 0.101. The van der Waals surface area contributed by atoms with E-state index in [9.17, 15) is 9.59 Å². The largest absolute Gasteiger partial charge is 0.385 e. The Bertz CT molecular complexity index is 507. The lowest BCUT2D eigenvalue weighted by Crippen LogP contribution is -2.34. The van der Waals surface area contributed by atoms with Crippen LogP contribution in [0.25, 0.3) is 0 Å². The quantitative estimate of drug-likeness (QED) is 0.759. The number of amides is 2. The fourth-order valence-corrected chi connectivity index (χ4v) is 2.24. The fourth-order valence-electron chi connectivity index (χ4n) is 2.24. The molecule has 0 saturated heterocycles. The van der Waals surface area contributed by atoms with Gasteiger partial charge in [0.25, 0.3) is 0 Å². The predicted octanol–water partition coefficient (Wildman–Crippen LogP) is 2.83. The van der Waals surface area contributed by atoms with E-state index in [0.717, 1.165) is 25.9 Å². The number of methoxy groups -OCH3 is 1. The van der Waals surface area contributed by atoms with Crippen LogP contribution in [0.2, 0.25) is 0 Å². The molecule has 0 atom stereocenters. The molecule has 1 fully saturated rings. The van der Waals surface area contributed by atoms with Gasteiger partial charge in [-0.05, 0) is 55.9 Å². The zero-order chi connectivity index (χ0) is 15.3. The van der Waals surface area contributed by atoms with Crippen molar-refractivity contribution >= 4 is 17.5 Å². The summed E-state index contributed by atoms with van der Waals surface area (Å²) in [5, 5.41) is 5.68. The molecule has 5 heteroatoms. The Morgan fingerprint density at radius 2 is 1.90 bits per heavy atom. The van der Waals surface area contributed by atoms with Gasteiger partial charge < -0.3 is 15.4 Å². The van der Waals surface area contributed by atoms with Crippen LogP contribution in [0.1, 0.15) is 36.5 Å². The predicted molar refractivity (Wildman–Crippen MR) is 81.6 cm³/mol. The van der Waals surface area contributed by atoms with Gasteiger partial charge in [-0.3, -0.25) is 4.79 Å². The average molecular weight is 290 g/mol. The van der Waals surface area contributed by atoms with Gasteiger partial charge in [-0.1, -0.05) is 0 Å². The number of rotatable bonds is 7. The molecule has 0 spiro atoms. The van der Waals surface area contributed by atoms with E-state index in [2.05, 4.69) is 10.6 Å². The van der Waals surface area contributed by atoms with Crippen LogP contribution in [-0.4, -0.2) is 32.1 Å². The number of ether oxygens (including phenoxy) is 1. The Morgan fingerprint density at radius 1 is 1.24 bits per heavy atom. The highest BCUT2D eigenvalue weighted by Crippen LogP contribution is 2.48. The maximum absolute atomic E-state index is 11.9. The Morgan fingerprint density at radius 3 is 2.43 bits per heavy atom. The Labute approximate surface area is 125 Å². The van der Waals surface area contributed by atoms with E-state index in [1.807, 2.05) is 0 Å². The first-order valence-corrected chi connectivity index (χ1v) is 7.19. The molecule has 0 radical (unpaired) electrons. The van der Waals surface area contributed by atoms with E-state index in [0.29, 0.717) is 17.8 Å². The summed E-state index contributed by atoms with van der Waals surface area (Å²) in [6.45, 7) is 2.92. The first-order valence-electron chi connectivity index (χ1n) is 7.19. The van der Waals surface area contributed by atoms with Crippen molar-refractivity contribution in [2.45, 2.75) is 26.2 Å². The van der Waals surface area contributed by atoms with Crippen LogP contribution < -0.4 is 10.6 Å². The summed E-state index contributed by atoms with van der Waals surface area (Å²) in [4.78, 5) is 23.0. The normalized spacial score (nSPS) is 15.3. The van der Waals surface area contributed by atoms with Crippen LogP contribution in [0.15, 0.2) is 24.3 Å². The molecule has 2 amide bonds. The molecule has 5 nitrogen and oxygen atoms in total. The van der Waals surface area contributed by atoms with Crippen molar-refractivity contribution in [2.24, 2.45) is 5.41 Å². The first kappa shape index (κ1) is 15.5. The van der Waals surface area contributed by atoms with E-state index in [-0.39, 0.29) is 17.2 Å². The van der Waals surface area contributed by atoms with Gasteiger partial charge in [0.2, 0.25) is 0 Å². The van der Waals surface area contributed by atoms with Gasteiger partial charge in [0.1, 0.15) is 0 Å². The number of ketones is 1. The molecule has 2 rings (SSSR count). The van der Waals surface area contributed by atoms with Crippen molar-refractivity contribution in [3.8, 4) is 0 Å². The molecule has 21 heavy (non-hydrogen) atoms. The standard InChI is InChI=1S/C16H22N2O3/c1-12(19)13-3-5-14(6-4-13)18-15(20)17-11-16(7-8-16)9-10-21-2/h3-6H,7-11H2,1-2H3,(H2,17,18,20). The van der Waals surface area contributed by atoms with Crippen molar-refractivity contribution in [3.05, 3.63) is 29.8 Å². The third kappa shape index (κ3) is 4.56. The van der Waals surface area contributed by atoms with Gasteiger partial charge in [-0.25, -0.2) is 4.79 Å². The SMILES string of the molecule is COCCC1(CNC(=O)Nc2ccc(C(C)=O)cc2)CC1. The number of anilines is 1. The molecule has 0 aromatic heterocycles. The van der Waals surface area contributed by atoms with E-state index in [1.165, 1.54) is 6.92 Å². The average Bonchev–Trinajstić information content (AvgIpc) is 3.24. The van der Waals surface area contributed by atoms with Crippen molar-refractivity contribution in [1.29, 1.82) is 0 Å². The number of hydrogen-bond donors (Lipinski definition) is 2. The van der Waals surface area contributed by atoms with Gasteiger partial charge in [0.15, 0.2) is 5.78 Å². The summed E-state index contributed by atoms with van der Waals surface area (Å²) in [5.41, 5.74) is 1.54. The van der Waals surface area contributed by atoms with Gasteiger partial charge >= 0.3 is 6.03 Å². The van der Waals surface area contributed by atoms with Crippen molar-refractivity contribution in [1.82, 2.24) is 5.32 Å². The summed E-state index contributed by atoms with van der Waals surface area (Å²) in [5.74, 6) is 0.0137. The Kier molecular flexibility index (Phi) is 4.96. The Hall–Kier alpha value is -1.88. The molecule has 1 saturated carbocycles. The first-order chi connectivity index (χ1) is 10.0. The summed E-state index contributed by atoms with van der Waals surface area (Å²) in [6.07, 6.45) is 3.27. The van der Waals surface area contributed by atoms with Crippen LogP contribution in [0.5, 0.6) is 0 Å². The van der Waals surface area contributed by atoms with Gasteiger partial charge in [0.05, 0.1) is 0 Å². The molecule has 0 unspecified atom stereocenters. The highest BCUT2D eigenvalue weighted by atomic mass is 16.5. The number of hydrogen-bond acceptors (Lipinski definition) is 3. The van der Waals surface area contributed by atoms with Gasteiger partial charge in [-0.2, -0.15) is 0 Å². The molecule has 2 N–H and O–H groups in total. The lowest BCUT2D eigenvalue weighted by Gasteiger charge is -2.16. The number of nitrogens with one attached hydrogen (secondary N) is 2. The molecule has 1 aromatic carbocycles. The minimum atomic E-state index is -0.214. The second-order valence-corrected chi connectivity index (χ2v) is 5.68. The number of carbonyl (C=O) groups is 2. The van der Waals surface area contributed by atoms with Crippen LogP contribution >= 0.6 is 0 Å². The number of carbonyl (C=O) groups excluding carboxylic acids is 2. The van der Waals surface area contributed by atoms with E-state index in [1.54, 1.807) is 31.4 Å². The van der Waals surface area contributed by atoms with E-state index < -0.39 is 0 Å².